The van der Waals surface area contributed by atoms with E-state index >= 15 is 0 Å². The third kappa shape index (κ3) is 0.995. The van der Waals surface area contributed by atoms with E-state index in [1.807, 2.05) is 0 Å². The summed E-state index contributed by atoms with van der Waals surface area (Å²) in [4.78, 5) is 23.7. The number of rotatable bonds is 1. The molecule has 0 saturated carbocycles. The number of hydrogen-bond acceptors (Lipinski definition) is 3. The van der Waals surface area contributed by atoms with Crippen molar-refractivity contribution in [2.75, 3.05) is 13.2 Å². The Morgan fingerprint density at radius 1 is 1.50 bits per heavy atom. The first kappa shape index (κ1) is 7.34. The van der Waals surface area contributed by atoms with Gasteiger partial charge in [-0.15, -0.1) is 0 Å². The number of nitrogens with zero attached hydrogens (tertiary/aromatic N) is 1. The monoisotopic (exact) mass is 167 g/mol. The van der Waals surface area contributed by atoms with Crippen LogP contribution < -0.4 is 0 Å². The molecule has 0 aromatic rings. The normalized spacial score (nSPS) is 28.3. The van der Waals surface area contributed by atoms with Gasteiger partial charge in [-0.3, -0.25) is 9.69 Å². The van der Waals surface area contributed by atoms with Gasteiger partial charge in [-0.05, 0) is 12.5 Å². The molecule has 4 nitrogen and oxygen atoms in total. The Kier molecular flexibility index (Phi) is 1.60. The zero-order chi connectivity index (χ0) is 8.55. The van der Waals surface area contributed by atoms with E-state index in [-0.39, 0.29) is 17.9 Å². The quantitative estimate of drug-likeness (QED) is 0.565. The van der Waals surface area contributed by atoms with Crippen molar-refractivity contribution in [2.24, 2.45) is 0 Å². The van der Waals surface area contributed by atoms with Gasteiger partial charge < -0.3 is 4.74 Å². The molecule has 4 heteroatoms. The van der Waals surface area contributed by atoms with Crippen LogP contribution in [0.5, 0.6) is 0 Å². The molecule has 0 aromatic heterocycles. The second-order valence-corrected chi connectivity index (χ2v) is 2.86. The average molecular weight is 167 g/mol. The zero-order valence-electron chi connectivity index (χ0n) is 6.53. The third-order valence-corrected chi connectivity index (χ3v) is 2.14. The number of amides is 1. The predicted octanol–water partition coefficient (Wildman–Crippen LogP) is 0.336. The second kappa shape index (κ2) is 2.62. The molecule has 2 rings (SSSR count). The fraction of sp³-hybridized carbons (Fsp3) is 0.500. The van der Waals surface area contributed by atoms with Crippen LogP contribution in [-0.2, 0) is 9.53 Å². The van der Waals surface area contributed by atoms with Crippen molar-refractivity contribution in [1.29, 1.82) is 0 Å². The predicted molar refractivity (Wildman–Crippen MR) is 40.6 cm³/mol. The topological polar surface area (TPSA) is 46.6 Å². The van der Waals surface area contributed by atoms with Gasteiger partial charge in [-0.25, -0.2) is 4.79 Å². The average Bonchev–Trinajstić information content (AvgIpc) is 2.59. The van der Waals surface area contributed by atoms with Crippen molar-refractivity contribution < 1.29 is 14.3 Å². The van der Waals surface area contributed by atoms with E-state index in [0.717, 1.165) is 0 Å². The number of carbonyl (C=O) groups excluding carboxylic acids is 2. The summed E-state index contributed by atoms with van der Waals surface area (Å²) in [6.07, 6.45) is 3.58. The van der Waals surface area contributed by atoms with E-state index in [9.17, 15) is 9.59 Å². The van der Waals surface area contributed by atoms with Crippen molar-refractivity contribution in [2.45, 2.75) is 12.5 Å². The van der Waals surface area contributed by atoms with Crippen LogP contribution in [0.1, 0.15) is 6.42 Å². The van der Waals surface area contributed by atoms with E-state index in [4.69, 9.17) is 4.74 Å². The highest BCUT2D eigenvalue weighted by Gasteiger charge is 2.34. The number of ether oxygens (including phenoxy) is 1. The lowest BCUT2D eigenvalue weighted by Gasteiger charge is -2.18. The van der Waals surface area contributed by atoms with Crippen molar-refractivity contribution in [3.05, 3.63) is 12.2 Å². The Bertz CT molecular complexity index is 259. The van der Waals surface area contributed by atoms with Gasteiger partial charge in [0.15, 0.2) is 5.78 Å². The molecule has 0 aromatic carbocycles. The van der Waals surface area contributed by atoms with Crippen LogP contribution in [-0.4, -0.2) is 36.0 Å². The summed E-state index contributed by atoms with van der Waals surface area (Å²) in [5.74, 6) is 0.00819. The van der Waals surface area contributed by atoms with Gasteiger partial charge in [0.1, 0.15) is 12.6 Å². The fourth-order valence-electron chi connectivity index (χ4n) is 1.51. The van der Waals surface area contributed by atoms with E-state index in [1.165, 1.54) is 11.0 Å². The van der Waals surface area contributed by atoms with E-state index in [1.54, 1.807) is 6.08 Å². The Hall–Kier alpha value is -1.32. The number of hydrogen-bond donors (Lipinski definition) is 0. The minimum absolute atomic E-state index is 0.00819. The molecule has 1 aliphatic heterocycles. The number of cyclic esters (lactones) is 1. The lowest BCUT2D eigenvalue weighted by atomic mass is 10.2. The summed E-state index contributed by atoms with van der Waals surface area (Å²) in [6, 6.07) is -0.292. The molecule has 2 aliphatic rings. The van der Waals surface area contributed by atoms with Gasteiger partial charge in [-0.2, -0.15) is 0 Å². The summed E-state index contributed by atoms with van der Waals surface area (Å²) in [6.45, 7) is 0.944. The van der Waals surface area contributed by atoms with Crippen LogP contribution >= 0.6 is 0 Å². The van der Waals surface area contributed by atoms with E-state index in [0.29, 0.717) is 19.6 Å². The van der Waals surface area contributed by atoms with Crippen molar-refractivity contribution in [1.82, 2.24) is 4.90 Å². The Morgan fingerprint density at radius 3 is 2.83 bits per heavy atom. The number of ketones is 1. The molecule has 0 N–H and O–H groups in total. The van der Waals surface area contributed by atoms with Crippen LogP contribution in [0.25, 0.3) is 0 Å². The molecule has 1 atom stereocenters. The SMILES string of the molecule is O=C1C=CCC1N1CCOC1=O. The molecule has 1 saturated heterocycles. The lowest BCUT2D eigenvalue weighted by Crippen LogP contribution is -2.38. The van der Waals surface area contributed by atoms with Gasteiger partial charge in [0, 0.05) is 0 Å². The van der Waals surface area contributed by atoms with Crippen molar-refractivity contribution in [3.8, 4) is 0 Å². The standard InChI is InChI=1S/C8H9NO3/c10-7-3-1-2-6(7)9-4-5-12-8(9)11/h1,3,6H,2,4-5H2. The highest BCUT2D eigenvalue weighted by Crippen LogP contribution is 2.17. The molecule has 0 radical (unpaired) electrons. The van der Waals surface area contributed by atoms with Crippen LogP contribution in [0, 0.1) is 0 Å². The molecule has 1 heterocycles. The van der Waals surface area contributed by atoms with Crippen molar-refractivity contribution >= 4 is 11.9 Å². The maximum absolute atomic E-state index is 11.2. The highest BCUT2D eigenvalue weighted by atomic mass is 16.6. The summed E-state index contributed by atoms with van der Waals surface area (Å²) < 4.78 is 4.73. The van der Waals surface area contributed by atoms with E-state index < -0.39 is 0 Å². The molecule has 12 heavy (non-hydrogen) atoms. The minimum Gasteiger partial charge on any atom is -0.448 e. The molecular formula is C8H9NO3. The van der Waals surface area contributed by atoms with Gasteiger partial charge in [0.05, 0.1) is 6.54 Å². The number of carbonyl (C=O) groups is 2. The first-order valence-electron chi connectivity index (χ1n) is 3.93. The molecule has 1 fully saturated rings. The molecule has 1 unspecified atom stereocenters. The molecule has 64 valence electrons. The first-order valence-corrected chi connectivity index (χ1v) is 3.93. The molecule has 0 spiro atoms. The molecule has 1 amide bonds. The molecule has 1 aliphatic carbocycles. The first-order chi connectivity index (χ1) is 5.79. The maximum atomic E-state index is 11.2. The molecule has 0 bridgehead atoms. The molecular weight excluding hydrogens is 158 g/mol. The minimum atomic E-state index is -0.364. The fourth-order valence-corrected chi connectivity index (χ4v) is 1.51. The van der Waals surface area contributed by atoms with Gasteiger partial charge in [-0.1, -0.05) is 6.08 Å². The summed E-state index contributed by atoms with van der Waals surface area (Å²) >= 11 is 0. The van der Waals surface area contributed by atoms with Gasteiger partial charge in [0.2, 0.25) is 0 Å². The Balaban J connectivity index is 2.09. The van der Waals surface area contributed by atoms with Gasteiger partial charge >= 0.3 is 6.09 Å². The van der Waals surface area contributed by atoms with Crippen LogP contribution in [0.4, 0.5) is 4.79 Å². The van der Waals surface area contributed by atoms with Crippen LogP contribution in [0.2, 0.25) is 0 Å². The largest absolute Gasteiger partial charge is 0.448 e. The summed E-state index contributed by atoms with van der Waals surface area (Å²) in [7, 11) is 0. The summed E-state index contributed by atoms with van der Waals surface area (Å²) in [5, 5.41) is 0. The van der Waals surface area contributed by atoms with E-state index in [2.05, 4.69) is 0 Å². The van der Waals surface area contributed by atoms with Gasteiger partial charge in [0.25, 0.3) is 0 Å². The van der Waals surface area contributed by atoms with Crippen molar-refractivity contribution in [3.63, 3.8) is 0 Å². The second-order valence-electron chi connectivity index (χ2n) is 2.86. The third-order valence-electron chi connectivity index (χ3n) is 2.14. The smallest absolute Gasteiger partial charge is 0.410 e. The summed E-state index contributed by atoms with van der Waals surface area (Å²) in [5.41, 5.74) is 0. The lowest BCUT2D eigenvalue weighted by molar-refractivity contribution is -0.117. The Morgan fingerprint density at radius 2 is 2.33 bits per heavy atom. The highest BCUT2D eigenvalue weighted by molar-refractivity contribution is 5.98. The zero-order valence-corrected chi connectivity index (χ0v) is 6.53. The van der Waals surface area contributed by atoms with Crippen LogP contribution in [0.15, 0.2) is 12.2 Å². The Labute approximate surface area is 69.8 Å². The van der Waals surface area contributed by atoms with Crippen LogP contribution in [0.3, 0.4) is 0 Å². The maximum Gasteiger partial charge on any atom is 0.410 e.